The average Bonchev–Trinajstić information content (AvgIpc) is 2.67. The lowest BCUT2D eigenvalue weighted by Gasteiger charge is -2.25. The summed E-state index contributed by atoms with van der Waals surface area (Å²) in [4.78, 5) is 0. The lowest BCUT2D eigenvalue weighted by molar-refractivity contribution is 0.0661. The van der Waals surface area contributed by atoms with E-state index in [0.29, 0.717) is 0 Å². The molecule has 84 valence electrons. The zero-order valence-electron chi connectivity index (χ0n) is 9.22. The molecule has 0 spiro atoms. The largest absolute Gasteiger partial charge is 0.396 e. The topological polar surface area (TPSA) is 41.5 Å². The van der Waals surface area contributed by atoms with Gasteiger partial charge in [-0.2, -0.15) is 0 Å². The molecule has 0 amide bonds. The Balaban J connectivity index is 2.08. The fraction of sp³-hybridized carbons (Fsp3) is 1.00. The van der Waals surface area contributed by atoms with E-state index in [9.17, 15) is 5.11 Å². The third-order valence-corrected chi connectivity index (χ3v) is 3.09. The van der Waals surface area contributed by atoms with Gasteiger partial charge in [0.25, 0.3) is 0 Å². The summed E-state index contributed by atoms with van der Waals surface area (Å²) < 4.78 is 5.52. The molecule has 14 heavy (non-hydrogen) atoms. The lowest BCUT2D eigenvalue weighted by Crippen LogP contribution is -2.29. The molecular weight excluding hydrogens is 178 g/mol. The third-order valence-electron chi connectivity index (χ3n) is 3.09. The van der Waals surface area contributed by atoms with Crippen LogP contribution in [0.15, 0.2) is 0 Å². The van der Waals surface area contributed by atoms with Crippen molar-refractivity contribution in [3.63, 3.8) is 0 Å². The highest BCUT2D eigenvalue weighted by Gasteiger charge is 2.32. The predicted octanol–water partition coefficient (Wildman–Crippen LogP) is 1.17. The van der Waals surface area contributed by atoms with Gasteiger partial charge in [-0.05, 0) is 25.8 Å². The fourth-order valence-electron chi connectivity index (χ4n) is 1.86. The normalized spacial score (nSPS) is 27.0. The summed E-state index contributed by atoms with van der Waals surface area (Å²) in [6.07, 6.45) is 4.40. The second-order valence-electron chi connectivity index (χ2n) is 4.30. The quantitative estimate of drug-likeness (QED) is 0.607. The van der Waals surface area contributed by atoms with Gasteiger partial charge in [-0.1, -0.05) is 13.3 Å². The zero-order valence-corrected chi connectivity index (χ0v) is 9.22. The number of ether oxygens (including phenoxy) is 1. The Morgan fingerprint density at radius 2 is 2.29 bits per heavy atom. The Morgan fingerprint density at radius 3 is 2.86 bits per heavy atom. The maximum absolute atomic E-state index is 9.32. The van der Waals surface area contributed by atoms with Crippen LogP contribution in [-0.4, -0.2) is 38.0 Å². The van der Waals surface area contributed by atoms with Crippen LogP contribution in [0.4, 0.5) is 0 Å². The van der Waals surface area contributed by atoms with Gasteiger partial charge in [-0.25, -0.2) is 0 Å². The molecule has 0 aromatic rings. The van der Waals surface area contributed by atoms with Gasteiger partial charge in [0, 0.05) is 25.2 Å². The smallest absolute Gasteiger partial charge is 0.0500 e. The molecule has 2 N–H and O–H groups in total. The molecule has 1 unspecified atom stereocenters. The summed E-state index contributed by atoms with van der Waals surface area (Å²) in [5.74, 6) is 0. The zero-order chi connectivity index (χ0) is 10.3. The number of aliphatic hydroxyl groups is 1. The van der Waals surface area contributed by atoms with Crippen LogP contribution in [0.1, 0.15) is 32.6 Å². The Bertz CT molecular complexity index is 144. The Morgan fingerprint density at radius 1 is 1.43 bits per heavy atom. The Labute approximate surface area is 86.8 Å². The maximum atomic E-state index is 9.32. The average molecular weight is 201 g/mol. The van der Waals surface area contributed by atoms with Gasteiger partial charge in [0.2, 0.25) is 0 Å². The number of unbranched alkanes of at least 4 members (excludes halogenated alkanes) is 1. The van der Waals surface area contributed by atoms with Crippen molar-refractivity contribution in [2.75, 3.05) is 32.9 Å². The second-order valence-corrected chi connectivity index (χ2v) is 4.30. The van der Waals surface area contributed by atoms with Crippen LogP contribution in [-0.2, 0) is 4.74 Å². The summed E-state index contributed by atoms with van der Waals surface area (Å²) in [6.45, 7) is 6.10. The molecule has 0 aliphatic carbocycles. The molecule has 0 aromatic heterocycles. The van der Waals surface area contributed by atoms with E-state index >= 15 is 0 Å². The highest BCUT2D eigenvalue weighted by molar-refractivity contribution is 4.86. The monoisotopic (exact) mass is 201 g/mol. The molecule has 3 nitrogen and oxygen atoms in total. The molecule has 0 radical (unpaired) electrons. The van der Waals surface area contributed by atoms with Gasteiger partial charge in [-0.3, -0.25) is 0 Å². The summed E-state index contributed by atoms with van der Waals surface area (Å²) in [7, 11) is 0. The van der Waals surface area contributed by atoms with Gasteiger partial charge in [-0.15, -0.1) is 0 Å². The molecule has 1 rings (SSSR count). The maximum Gasteiger partial charge on any atom is 0.0500 e. The van der Waals surface area contributed by atoms with Crippen LogP contribution in [0, 0.1) is 5.41 Å². The molecule has 1 fully saturated rings. The molecule has 0 bridgehead atoms. The number of aliphatic hydroxyl groups excluding tert-OH is 1. The van der Waals surface area contributed by atoms with Gasteiger partial charge in [0.15, 0.2) is 0 Å². The van der Waals surface area contributed by atoms with E-state index in [1.807, 2.05) is 0 Å². The van der Waals surface area contributed by atoms with Crippen molar-refractivity contribution < 1.29 is 9.84 Å². The minimum atomic E-state index is 0.103. The van der Waals surface area contributed by atoms with E-state index < -0.39 is 0 Å². The fourth-order valence-corrected chi connectivity index (χ4v) is 1.86. The van der Waals surface area contributed by atoms with Crippen LogP contribution < -0.4 is 5.32 Å². The summed E-state index contributed by atoms with van der Waals surface area (Å²) >= 11 is 0. The highest BCUT2D eigenvalue weighted by Crippen LogP contribution is 2.28. The van der Waals surface area contributed by atoms with Crippen LogP contribution in [0.3, 0.4) is 0 Å². The summed E-state index contributed by atoms with van der Waals surface area (Å²) in [5, 5.41) is 12.6. The van der Waals surface area contributed by atoms with Gasteiger partial charge in [0.05, 0.1) is 6.61 Å². The minimum absolute atomic E-state index is 0.103. The third kappa shape index (κ3) is 3.56. The highest BCUT2D eigenvalue weighted by atomic mass is 16.5. The lowest BCUT2D eigenvalue weighted by atomic mass is 9.85. The van der Waals surface area contributed by atoms with Gasteiger partial charge in [0.1, 0.15) is 0 Å². The van der Waals surface area contributed by atoms with Gasteiger partial charge >= 0.3 is 0 Å². The molecule has 0 saturated carbocycles. The molecule has 1 heterocycles. The van der Waals surface area contributed by atoms with E-state index in [-0.39, 0.29) is 12.0 Å². The first-order valence-electron chi connectivity index (χ1n) is 5.72. The Hall–Kier alpha value is -0.120. The van der Waals surface area contributed by atoms with Crippen molar-refractivity contribution in [1.29, 1.82) is 0 Å². The molecule has 1 atom stereocenters. The van der Waals surface area contributed by atoms with Crippen LogP contribution >= 0.6 is 0 Å². The van der Waals surface area contributed by atoms with Gasteiger partial charge < -0.3 is 15.2 Å². The van der Waals surface area contributed by atoms with E-state index in [1.165, 1.54) is 6.42 Å². The van der Waals surface area contributed by atoms with Crippen molar-refractivity contribution in [1.82, 2.24) is 5.32 Å². The molecule has 1 aliphatic rings. The van der Waals surface area contributed by atoms with Crippen molar-refractivity contribution in [2.24, 2.45) is 5.41 Å². The van der Waals surface area contributed by atoms with Crippen molar-refractivity contribution >= 4 is 0 Å². The number of hydrogen-bond donors (Lipinski definition) is 2. The molecule has 1 saturated heterocycles. The molecule has 3 heteroatoms. The van der Waals surface area contributed by atoms with Crippen molar-refractivity contribution in [3.05, 3.63) is 0 Å². The molecular formula is C11H23NO2. The first-order chi connectivity index (χ1) is 6.83. The van der Waals surface area contributed by atoms with Crippen LogP contribution in [0.5, 0.6) is 0 Å². The van der Waals surface area contributed by atoms with Crippen LogP contribution in [0.2, 0.25) is 0 Å². The summed E-state index contributed by atoms with van der Waals surface area (Å²) in [6, 6.07) is 0. The number of rotatable bonds is 7. The molecule has 0 aromatic carbocycles. The standard InChI is InChI=1S/C11H23NO2/c1-2-3-7-14-8-5-11(10-13)4-6-12-9-11/h12-13H,2-10H2,1H3. The van der Waals surface area contributed by atoms with E-state index in [0.717, 1.165) is 45.6 Å². The molecule has 1 aliphatic heterocycles. The first kappa shape index (κ1) is 12.0. The van der Waals surface area contributed by atoms with Crippen LogP contribution in [0.25, 0.3) is 0 Å². The first-order valence-corrected chi connectivity index (χ1v) is 5.72. The predicted molar refractivity (Wildman–Crippen MR) is 57.3 cm³/mol. The Kier molecular flexibility index (Phi) is 5.45. The number of hydrogen-bond acceptors (Lipinski definition) is 3. The van der Waals surface area contributed by atoms with E-state index in [2.05, 4.69) is 12.2 Å². The minimum Gasteiger partial charge on any atom is -0.396 e. The van der Waals surface area contributed by atoms with E-state index in [1.54, 1.807) is 0 Å². The van der Waals surface area contributed by atoms with E-state index in [4.69, 9.17) is 4.74 Å². The van der Waals surface area contributed by atoms with Crippen molar-refractivity contribution in [3.8, 4) is 0 Å². The summed E-state index contributed by atoms with van der Waals surface area (Å²) in [5.41, 5.74) is 0.103. The number of nitrogens with one attached hydrogen (secondary N) is 1. The SMILES string of the molecule is CCCCOCCC1(CO)CCNC1. The van der Waals surface area contributed by atoms with Crippen molar-refractivity contribution in [2.45, 2.75) is 32.6 Å². The second kappa shape index (κ2) is 6.38.